The fourth-order valence-electron chi connectivity index (χ4n) is 2.68. The Balaban J connectivity index is 1.97. The molecule has 0 aromatic carbocycles. The second kappa shape index (κ2) is 4.09. The summed E-state index contributed by atoms with van der Waals surface area (Å²) in [6.07, 6.45) is 4.13. The third-order valence-electron chi connectivity index (χ3n) is 3.50. The van der Waals surface area contributed by atoms with Crippen LogP contribution in [0.1, 0.15) is 29.3 Å². The fourth-order valence-corrected chi connectivity index (χ4v) is 4.92. The molecule has 3 rings (SSSR count). The van der Waals surface area contributed by atoms with E-state index < -0.39 is 0 Å². The first-order valence-corrected chi connectivity index (χ1v) is 7.42. The lowest BCUT2D eigenvalue weighted by atomic mass is 9.90. The van der Waals surface area contributed by atoms with E-state index in [9.17, 15) is 0 Å². The molecule has 1 aromatic heterocycles. The topological polar surface area (TPSA) is 18.5 Å². The molecular weight excluding hydrogens is 288 g/mol. The first-order chi connectivity index (χ1) is 7.74. The first-order valence-electron chi connectivity index (χ1n) is 5.81. The zero-order valence-corrected chi connectivity index (χ0v) is 11.7. The van der Waals surface area contributed by atoms with E-state index >= 15 is 0 Å². The molecule has 1 aromatic rings. The molecule has 0 atom stereocenters. The van der Waals surface area contributed by atoms with Crippen molar-refractivity contribution >= 4 is 27.3 Å². The van der Waals surface area contributed by atoms with Crippen molar-refractivity contribution in [1.29, 1.82) is 0 Å². The average Bonchev–Trinajstić information content (AvgIpc) is 2.83. The van der Waals surface area contributed by atoms with E-state index in [2.05, 4.69) is 22.9 Å². The molecule has 0 saturated carbocycles. The summed E-state index contributed by atoms with van der Waals surface area (Å²) in [5.74, 6) is -0.294. The number of hydrogen-bond acceptors (Lipinski definition) is 3. The number of aryl methyl sites for hydroxylation is 1. The Morgan fingerprint density at radius 2 is 2.12 bits per heavy atom. The minimum atomic E-state index is -0.294. The molecule has 1 spiro atoms. The molecule has 88 valence electrons. The van der Waals surface area contributed by atoms with Gasteiger partial charge in [-0.05, 0) is 39.9 Å². The Kier molecular flexibility index (Phi) is 2.86. The molecule has 1 fully saturated rings. The van der Waals surface area contributed by atoms with Gasteiger partial charge in [0.1, 0.15) is 0 Å². The van der Waals surface area contributed by atoms with Crippen molar-refractivity contribution in [3.8, 4) is 0 Å². The van der Waals surface area contributed by atoms with Crippen LogP contribution >= 0.6 is 27.3 Å². The summed E-state index contributed by atoms with van der Waals surface area (Å²) in [5, 5.41) is 0. The van der Waals surface area contributed by atoms with E-state index in [-0.39, 0.29) is 5.79 Å². The van der Waals surface area contributed by atoms with Crippen LogP contribution in [0.2, 0.25) is 0 Å². The van der Waals surface area contributed by atoms with Crippen LogP contribution in [0, 0.1) is 0 Å². The molecule has 1 aliphatic heterocycles. The smallest absolute Gasteiger partial charge is 0.172 e. The van der Waals surface area contributed by atoms with Crippen LogP contribution in [-0.2, 0) is 28.7 Å². The lowest BCUT2D eigenvalue weighted by Crippen LogP contribution is -2.36. The Morgan fingerprint density at radius 3 is 2.81 bits per heavy atom. The third kappa shape index (κ3) is 1.67. The van der Waals surface area contributed by atoms with Crippen LogP contribution in [0.25, 0.3) is 0 Å². The standard InChI is InChI=1S/C12H15BrO2S/c1-2-8-9-7-12(14-5-6-15-12)4-3-10(9)16-11(8)13/h2-7H2,1H3. The van der Waals surface area contributed by atoms with Gasteiger partial charge in [0.25, 0.3) is 0 Å². The van der Waals surface area contributed by atoms with E-state index in [0.29, 0.717) is 0 Å². The number of halogens is 1. The number of fused-ring (bicyclic) bond motifs is 1. The summed E-state index contributed by atoms with van der Waals surface area (Å²) in [6.45, 7) is 3.72. The van der Waals surface area contributed by atoms with Crippen LogP contribution in [0.4, 0.5) is 0 Å². The van der Waals surface area contributed by atoms with Crippen molar-refractivity contribution in [3.63, 3.8) is 0 Å². The minimum Gasteiger partial charge on any atom is -0.347 e. The maximum atomic E-state index is 5.81. The zero-order valence-electron chi connectivity index (χ0n) is 9.35. The van der Waals surface area contributed by atoms with Gasteiger partial charge in [-0.25, -0.2) is 0 Å². The van der Waals surface area contributed by atoms with E-state index in [0.717, 1.165) is 38.9 Å². The molecule has 0 amide bonds. The van der Waals surface area contributed by atoms with Gasteiger partial charge < -0.3 is 9.47 Å². The van der Waals surface area contributed by atoms with Gasteiger partial charge in [-0.3, -0.25) is 0 Å². The molecule has 16 heavy (non-hydrogen) atoms. The predicted molar refractivity (Wildman–Crippen MR) is 68.1 cm³/mol. The molecule has 2 aliphatic rings. The van der Waals surface area contributed by atoms with Crippen molar-refractivity contribution in [3.05, 3.63) is 19.8 Å². The van der Waals surface area contributed by atoms with Crippen LogP contribution in [0.3, 0.4) is 0 Å². The zero-order chi connectivity index (χ0) is 11.2. The second-order valence-electron chi connectivity index (χ2n) is 4.39. The number of ether oxygens (including phenoxy) is 2. The maximum absolute atomic E-state index is 5.81. The highest BCUT2D eigenvalue weighted by molar-refractivity contribution is 9.11. The highest BCUT2D eigenvalue weighted by Crippen LogP contribution is 2.43. The summed E-state index contributed by atoms with van der Waals surface area (Å²) >= 11 is 5.56. The molecular formula is C12H15BrO2S. The van der Waals surface area contributed by atoms with Crippen molar-refractivity contribution < 1.29 is 9.47 Å². The lowest BCUT2D eigenvalue weighted by molar-refractivity contribution is -0.163. The van der Waals surface area contributed by atoms with Crippen molar-refractivity contribution in [2.24, 2.45) is 0 Å². The third-order valence-corrected chi connectivity index (χ3v) is 5.58. The maximum Gasteiger partial charge on any atom is 0.172 e. The van der Waals surface area contributed by atoms with Crippen LogP contribution in [0.5, 0.6) is 0 Å². The van der Waals surface area contributed by atoms with Gasteiger partial charge in [-0.1, -0.05) is 6.92 Å². The van der Waals surface area contributed by atoms with Crippen LogP contribution in [-0.4, -0.2) is 19.0 Å². The molecule has 2 nitrogen and oxygen atoms in total. The van der Waals surface area contributed by atoms with Gasteiger partial charge in [-0.15, -0.1) is 11.3 Å². The monoisotopic (exact) mass is 302 g/mol. The van der Waals surface area contributed by atoms with Crippen molar-refractivity contribution in [2.45, 2.75) is 38.4 Å². The lowest BCUT2D eigenvalue weighted by Gasteiger charge is -2.31. The first kappa shape index (κ1) is 11.2. The SMILES string of the molecule is CCc1c(Br)sc2c1CC1(CC2)OCCO1. The molecule has 1 aliphatic carbocycles. The van der Waals surface area contributed by atoms with Gasteiger partial charge in [0, 0.05) is 17.7 Å². The van der Waals surface area contributed by atoms with E-state index in [1.807, 2.05) is 11.3 Å². The molecule has 0 unspecified atom stereocenters. The Morgan fingerprint density at radius 1 is 1.38 bits per heavy atom. The van der Waals surface area contributed by atoms with Gasteiger partial charge in [-0.2, -0.15) is 0 Å². The number of hydrogen-bond donors (Lipinski definition) is 0. The Hall–Kier alpha value is 0.1000. The summed E-state index contributed by atoms with van der Waals surface area (Å²) in [7, 11) is 0. The normalized spacial score (nSPS) is 22.6. The number of thiophene rings is 1. The highest BCUT2D eigenvalue weighted by atomic mass is 79.9. The van der Waals surface area contributed by atoms with Gasteiger partial charge >= 0.3 is 0 Å². The summed E-state index contributed by atoms with van der Waals surface area (Å²) in [6, 6.07) is 0. The molecule has 0 N–H and O–H groups in total. The molecule has 0 radical (unpaired) electrons. The summed E-state index contributed by atoms with van der Waals surface area (Å²) < 4.78 is 12.9. The summed E-state index contributed by atoms with van der Waals surface area (Å²) in [5.41, 5.74) is 2.94. The van der Waals surface area contributed by atoms with E-state index in [4.69, 9.17) is 9.47 Å². The minimum absolute atomic E-state index is 0.294. The number of rotatable bonds is 1. The molecule has 2 heterocycles. The quantitative estimate of drug-likeness (QED) is 0.792. The highest BCUT2D eigenvalue weighted by Gasteiger charge is 2.41. The van der Waals surface area contributed by atoms with Crippen molar-refractivity contribution in [1.82, 2.24) is 0 Å². The summed E-state index contributed by atoms with van der Waals surface area (Å²) in [4.78, 5) is 1.52. The van der Waals surface area contributed by atoms with Crippen molar-refractivity contribution in [2.75, 3.05) is 13.2 Å². The van der Waals surface area contributed by atoms with Gasteiger partial charge in [0.2, 0.25) is 0 Å². The molecule has 1 saturated heterocycles. The molecule has 0 bridgehead atoms. The Bertz CT molecular complexity index is 407. The Labute approximate surface area is 108 Å². The molecule has 4 heteroatoms. The fraction of sp³-hybridized carbons (Fsp3) is 0.667. The van der Waals surface area contributed by atoms with Gasteiger partial charge in [0.15, 0.2) is 5.79 Å². The van der Waals surface area contributed by atoms with Crippen LogP contribution in [0.15, 0.2) is 3.79 Å². The van der Waals surface area contributed by atoms with Gasteiger partial charge in [0.05, 0.1) is 17.0 Å². The van der Waals surface area contributed by atoms with Crippen LogP contribution < -0.4 is 0 Å². The van der Waals surface area contributed by atoms with E-state index in [1.54, 1.807) is 0 Å². The second-order valence-corrected chi connectivity index (χ2v) is 6.82. The van der Waals surface area contributed by atoms with E-state index in [1.165, 1.54) is 19.8 Å². The largest absolute Gasteiger partial charge is 0.347 e. The predicted octanol–water partition coefficient (Wildman–Crippen LogP) is 3.30. The average molecular weight is 303 g/mol.